The number of ether oxygens (including phenoxy) is 1. The molecule has 0 aromatic heterocycles. The van der Waals surface area contributed by atoms with Crippen molar-refractivity contribution in [1.82, 2.24) is 5.43 Å². The van der Waals surface area contributed by atoms with E-state index in [-0.39, 0.29) is 24.4 Å². The number of nitrogens with one attached hydrogen (secondary N) is 2. The van der Waals surface area contributed by atoms with E-state index < -0.39 is 5.97 Å². The normalized spacial score (nSPS) is 19.1. The van der Waals surface area contributed by atoms with Gasteiger partial charge in [0.15, 0.2) is 5.84 Å². The Labute approximate surface area is 185 Å². The van der Waals surface area contributed by atoms with Gasteiger partial charge in [0, 0.05) is 24.2 Å². The lowest BCUT2D eigenvalue weighted by Gasteiger charge is -2.39. The third-order valence-corrected chi connectivity index (χ3v) is 5.68. The fraction of sp³-hybridized carbons (Fsp3) is 0.348. The van der Waals surface area contributed by atoms with E-state index in [4.69, 9.17) is 14.6 Å². The summed E-state index contributed by atoms with van der Waals surface area (Å²) in [5.74, 6) is 0.135. The van der Waals surface area contributed by atoms with Crippen molar-refractivity contribution in [2.24, 2.45) is 5.10 Å². The summed E-state index contributed by atoms with van der Waals surface area (Å²) in [7, 11) is 0. The summed E-state index contributed by atoms with van der Waals surface area (Å²) in [4.78, 5) is 23.1. The van der Waals surface area contributed by atoms with Gasteiger partial charge in [-0.15, -0.1) is 0 Å². The van der Waals surface area contributed by atoms with Gasteiger partial charge in [-0.3, -0.25) is 9.59 Å². The van der Waals surface area contributed by atoms with E-state index in [9.17, 15) is 9.18 Å². The molecule has 0 radical (unpaired) electrons. The molecule has 2 aromatic carbocycles. The van der Waals surface area contributed by atoms with Crippen molar-refractivity contribution in [1.29, 1.82) is 0 Å². The van der Waals surface area contributed by atoms with Crippen molar-refractivity contribution < 1.29 is 23.8 Å². The van der Waals surface area contributed by atoms with Crippen LogP contribution in [0.15, 0.2) is 41.5 Å². The van der Waals surface area contributed by atoms with E-state index in [0.29, 0.717) is 17.6 Å². The maximum absolute atomic E-state index is 13.4. The van der Waals surface area contributed by atoms with Crippen LogP contribution in [-0.2, 0) is 9.59 Å². The second kappa shape index (κ2) is 8.86. The molecule has 2 aromatic rings. The number of carbonyl (C=O) groups excluding carboxylic acids is 1. The first-order valence-electron chi connectivity index (χ1n) is 10.5. The molecule has 0 saturated heterocycles. The van der Waals surface area contributed by atoms with Gasteiger partial charge in [0.05, 0.1) is 5.69 Å². The zero-order chi connectivity index (χ0) is 22.8. The van der Waals surface area contributed by atoms with Gasteiger partial charge in [0.1, 0.15) is 24.2 Å². The molecule has 8 nitrogen and oxygen atoms in total. The number of hydrogen-bond acceptors (Lipinski definition) is 6. The summed E-state index contributed by atoms with van der Waals surface area (Å²) in [5, 5.41) is 15.2. The highest BCUT2D eigenvalue weighted by atomic mass is 19.1. The number of fused-ring (bicyclic) bond motifs is 3. The topological polar surface area (TPSA) is 103 Å². The Balaban J connectivity index is 0.000000567. The summed E-state index contributed by atoms with van der Waals surface area (Å²) in [6.45, 7) is 3.22. The predicted octanol–water partition coefficient (Wildman–Crippen LogP) is 3.58. The second-order valence-electron chi connectivity index (χ2n) is 8.00. The molecule has 168 valence electrons. The molecule has 32 heavy (non-hydrogen) atoms. The first-order valence-corrected chi connectivity index (χ1v) is 10.5. The van der Waals surface area contributed by atoms with E-state index in [1.165, 1.54) is 18.6 Å². The molecule has 1 fully saturated rings. The van der Waals surface area contributed by atoms with Crippen LogP contribution in [-0.4, -0.2) is 41.5 Å². The molecule has 0 bridgehead atoms. The molecule has 0 spiro atoms. The fourth-order valence-corrected chi connectivity index (χ4v) is 3.83. The smallest absolute Gasteiger partial charge is 0.300 e. The molecular formula is C23H25FN4O4. The van der Waals surface area contributed by atoms with E-state index in [0.717, 1.165) is 42.3 Å². The molecule has 1 amide bonds. The van der Waals surface area contributed by atoms with Gasteiger partial charge in [-0.05, 0) is 56.0 Å². The van der Waals surface area contributed by atoms with Gasteiger partial charge < -0.3 is 20.1 Å². The van der Waals surface area contributed by atoms with Crippen LogP contribution in [0.4, 0.5) is 15.8 Å². The van der Waals surface area contributed by atoms with Crippen molar-refractivity contribution in [2.75, 3.05) is 16.8 Å². The number of nitrogens with zero attached hydrogens (tertiary/aromatic N) is 2. The molecule has 3 aliphatic rings. The van der Waals surface area contributed by atoms with Crippen LogP contribution < -0.4 is 20.4 Å². The highest BCUT2D eigenvalue weighted by Crippen LogP contribution is 2.43. The molecule has 1 atom stereocenters. The Morgan fingerprint density at radius 2 is 1.97 bits per heavy atom. The van der Waals surface area contributed by atoms with Gasteiger partial charge >= 0.3 is 0 Å². The van der Waals surface area contributed by atoms with Crippen LogP contribution in [0.1, 0.15) is 33.1 Å². The van der Waals surface area contributed by atoms with Gasteiger partial charge in [-0.1, -0.05) is 12.1 Å². The minimum absolute atomic E-state index is 0.146. The Kier molecular flexibility index (Phi) is 5.98. The number of halogens is 1. The number of carbonyl (C=O) groups is 2. The third kappa shape index (κ3) is 4.37. The van der Waals surface area contributed by atoms with Crippen LogP contribution in [0.3, 0.4) is 0 Å². The SMILES string of the molecule is CC(=O)O.C[C@@H]1C(=O)NN=C2COc3cc(-c4ccc(F)cc4)c(NC4CCC4)cc3N21. The number of rotatable bonds is 3. The van der Waals surface area contributed by atoms with E-state index in [1.54, 1.807) is 12.1 Å². The zero-order valence-electron chi connectivity index (χ0n) is 17.9. The number of benzene rings is 2. The first kappa shape index (κ1) is 21.6. The van der Waals surface area contributed by atoms with Crippen LogP contribution in [0.5, 0.6) is 5.75 Å². The third-order valence-electron chi connectivity index (χ3n) is 5.68. The molecule has 0 unspecified atom stereocenters. The summed E-state index contributed by atoms with van der Waals surface area (Å²) in [6, 6.07) is 10.5. The zero-order valence-corrected chi connectivity index (χ0v) is 17.9. The lowest BCUT2D eigenvalue weighted by atomic mass is 9.92. The average molecular weight is 440 g/mol. The van der Waals surface area contributed by atoms with Crippen molar-refractivity contribution >= 4 is 29.1 Å². The standard InChI is InChI=1S/C21H21FN4O2.C2H4O2/c1-12-21(27)25-24-20-11-28-19-9-16(13-5-7-14(22)8-6-13)17(10-18(19)26(12)20)23-15-3-2-4-15;1-2(3)4/h5-10,12,15,23H,2-4,11H2,1H3,(H,25,27);1H3,(H,3,4)/t12-;/m1./s1. The van der Waals surface area contributed by atoms with Gasteiger partial charge in [-0.2, -0.15) is 5.10 Å². The quantitative estimate of drug-likeness (QED) is 0.674. The molecule has 1 aliphatic carbocycles. The lowest BCUT2D eigenvalue weighted by molar-refractivity contribution is -0.134. The number of amidine groups is 1. The molecule has 5 rings (SSSR count). The van der Waals surface area contributed by atoms with Crippen LogP contribution in [0.25, 0.3) is 11.1 Å². The lowest BCUT2D eigenvalue weighted by Crippen LogP contribution is -2.55. The van der Waals surface area contributed by atoms with Gasteiger partial charge in [0.25, 0.3) is 11.9 Å². The first-order chi connectivity index (χ1) is 15.3. The fourth-order valence-electron chi connectivity index (χ4n) is 3.83. The number of anilines is 2. The number of hydrogen-bond donors (Lipinski definition) is 3. The minimum atomic E-state index is -0.833. The number of carboxylic acid groups (broad SMARTS) is 1. The molecule has 2 aliphatic heterocycles. The number of aliphatic carboxylic acids is 1. The number of hydrazone groups is 1. The van der Waals surface area contributed by atoms with Crippen molar-refractivity contribution in [3.63, 3.8) is 0 Å². The molecule has 1 saturated carbocycles. The van der Waals surface area contributed by atoms with Crippen LogP contribution >= 0.6 is 0 Å². The number of carboxylic acids is 1. The maximum atomic E-state index is 13.4. The van der Waals surface area contributed by atoms with Gasteiger partial charge in [-0.25, -0.2) is 9.82 Å². The molecular weight excluding hydrogens is 415 g/mol. The van der Waals surface area contributed by atoms with Crippen molar-refractivity contribution in [2.45, 2.75) is 45.2 Å². The van der Waals surface area contributed by atoms with Crippen molar-refractivity contribution in [3.8, 4) is 16.9 Å². The highest BCUT2D eigenvalue weighted by molar-refractivity contribution is 6.10. The highest BCUT2D eigenvalue weighted by Gasteiger charge is 2.36. The Morgan fingerprint density at radius 3 is 2.59 bits per heavy atom. The molecule has 2 heterocycles. The van der Waals surface area contributed by atoms with E-state index in [1.807, 2.05) is 24.0 Å². The summed E-state index contributed by atoms with van der Waals surface area (Å²) in [5.41, 5.74) is 6.20. The summed E-state index contributed by atoms with van der Waals surface area (Å²) < 4.78 is 19.4. The minimum Gasteiger partial charge on any atom is -0.483 e. The van der Waals surface area contributed by atoms with Crippen LogP contribution in [0, 0.1) is 5.82 Å². The Morgan fingerprint density at radius 1 is 1.28 bits per heavy atom. The number of amides is 1. The average Bonchev–Trinajstić information content (AvgIpc) is 2.72. The largest absolute Gasteiger partial charge is 0.483 e. The maximum Gasteiger partial charge on any atom is 0.300 e. The Bertz CT molecular complexity index is 1060. The molecule has 3 N–H and O–H groups in total. The van der Waals surface area contributed by atoms with Crippen molar-refractivity contribution in [3.05, 3.63) is 42.2 Å². The van der Waals surface area contributed by atoms with Crippen LogP contribution in [0.2, 0.25) is 0 Å². The molecule has 9 heteroatoms. The predicted molar refractivity (Wildman–Crippen MR) is 119 cm³/mol. The van der Waals surface area contributed by atoms with E-state index in [2.05, 4.69) is 15.8 Å². The van der Waals surface area contributed by atoms with E-state index >= 15 is 0 Å². The summed E-state index contributed by atoms with van der Waals surface area (Å²) in [6.07, 6.45) is 3.48. The summed E-state index contributed by atoms with van der Waals surface area (Å²) >= 11 is 0. The Hall–Kier alpha value is -3.62. The monoisotopic (exact) mass is 440 g/mol. The van der Waals surface area contributed by atoms with Gasteiger partial charge in [0.2, 0.25) is 0 Å². The second-order valence-corrected chi connectivity index (χ2v) is 8.00.